The van der Waals surface area contributed by atoms with Gasteiger partial charge in [-0.05, 0) is 25.2 Å². The smallest absolute Gasteiger partial charge is 0.316 e. The third-order valence-electron chi connectivity index (χ3n) is 2.19. The number of hydrogen-bond acceptors (Lipinski definition) is 2. The van der Waals surface area contributed by atoms with Crippen LogP contribution in [-0.2, 0) is 6.54 Å². The van der Waals surface area contributed by atoms with Crippen LogP contribution in [0.2, 0.25) is 0 Å². The monoisotopic (exact) mass is 232 g/mol. The number of nitrogens with zero attached hydrogens (tertiary/aromatic N) is 1. The number of nitrogens with two attached hydrogens (primary N) is 1. The van der Waals surface area contributed by atoms with Crippen molar-refractivity contribution in [2.75, 3.05) is 14.1 Å². The molecule has 0 heterocycles. The number of rotatable bonds is 3. The highest BCUT2D eigenvalue weighted by molar-refractivity contribution is 5.25. The fourth-order valence-corrected chi connectivity index (χ4v) is 1.38. The van der Waals surface area contributed by atoms with Crippen LogP contribution in [0.5, 0.6) is 0 Å². The van der Waals surface area contributed by atoms with Crippen molar-refractivity contribution in [2.24, 2.45) is 5.73 Å². The van der Waals surface area contributed by atoms with Gasteiger partial charge in [-0.2, -0.15) is 13.2 Å². The highest BCUT2D eigenvalue weighted by Gasteiger charge is 2.37. The van der Waals surface area contributed by atoms with Crippen LogP contribution in [0.25, 0.3) is 0 Å². The fraction of sp³-hybridized carbons (Fsp3) is 0.455. The summed E-state index contributed by atoms with van der Waals surface area (Å²) in [5.41, 5.74) is 6.14. The predicted octanol–water partition coefficient (Wildman–Crippen LogP) is 2.31. The molecule has 1 unspecified atom stereocenters. The van der Waals surface area contributed by atoms with Gasteiger partial charge in [0.15, 0.2) is 0 Å². The van der Waals surface area contributed by atoms with E-state index < -0.39 is 12.2 Å². The Hall–Kier alpha value is -1.07. The summed E-state index contributed by atoms with van der Waals surface area (Å²) in [6, 6.07) is 4.29. The number of alkyl halides is 3. The Morgan fingerprint density at radius 3 is 2.06 bits per heavy atom. The summed E-state index contributed by atoms with van der Waals surface area (Å²) in [5.74, 6) is 0. The first-order valence-electron chi connectivity index (χ1n) is 4.86. The van der Waals surface area contributed by atoms with Crippen molar-refractivity contribution in [1.29, 1.82) is 0 Å². The van der Waals surface area contributed by atoms with Gasteiger partial charge >= 0.3 is 6.18 Å². The summed E-state index contributed by atoms with van der Waals surface area (Å²) < 4.78 is 36.9. The third kappa shape index (κ3) is 3.50. The summed E-state index contributed by atoms with van der Waals surface area (Å²) in [7, 11) is 3.80. The molecule has 0 fully saturated rings. The van der Waals surface area contributed by atoms with Crippen LogP contribution in [0, 0.1) is 0 Å². The minimum absolute atomic E-state index is 0.0926. The van der Waals surface area contributed by atoms with Gasteiger partial charge in [-0.15, -0.1) is 0 Å². The van der Waals surface area contributed by atoms with Gasteiger partial charge in [-0.3, -0.25) is 0 Å². The van der Waals surface area contributed by atoms with E-state index >= 15 is 0 Å². The van der Waals surface area contributed by atoms with Gasteiger partial charge < -0.3 is 10.6 Å². The van der Waals surface area contributed by atoms with Crippen LogP contribution in [0.15, 0.2) is 24.3 Å². The Morgan fingerprint density at radius 1 is 1.19 bits per heavy atom. The molecule has 1 aromatic rings. The van der Waals surface area contributed by atoms with Gasteiger partial charge in [-0.25, -0.2) is 0 Å². The van der Waals surface area contributed by atoms with Gasteiger partial charge in [0.2, 0.25) is 0 Å². The van der Waals surface area contributed by atoms with Crippen LogP contribution >= 0.6 is 0 Å². The molecule has 0 amide bonds. The van der Waals surface area contributed by atoms with Crippen LogP contribution in [0.4, 0.5) is 13.2 Å². The first-order chi connectivity index (χ1) is 7.30. The second-order valence-corrected chi connectivity index (χ2v) is 4.00. The van der Waals surface area contributed by atoms with Crippen LogP contribution in [0.3, 0.4) is 0 Å². The number of benzene rings is 1. The van der Waals surface area contributed by atoms with E-state index in [0.717, 1.165) is 5.56 Å². The Morgan fingerprint density at radius 2 is 1.69 bits per heavy atom. The molecular formula is C11H15F3N2. The molecule has 0 aliphatic carbocycles. The average Bonchev–Trinajstić information content (AvgIpc) is 2.15. The summed E-state index contributed by atoms with van der Waals surface area (Å²) in [6.45, 7) is 0.696. The zero-order chi connectivity index (χ0) is 12.3. The zero-order valence-corrected chi connectivity index (χ0v) is 9.25. The van der Waals surface area contributed by atoms with Crippen molar-refractivity contribution < 1.29 is 13.2 Å². The van der Waals surface area contributed by atoms with E-state index in [1.165, 1.54) is 12.1 Å². The van der Waals surface area contributed by atoms with Crippen molar-refractivity contribution in [3.05, 3.63) is 35.4 Å². The van der Waals surface area contributed by atoms with Crippen molar-refractivity contribution in [1.82, 2.24) is 4.90 Å². The highest BCUT2D eigenvalue weighted by atomic mass is 19.4. The van der Waals surface area contributed by atoms with E-state index in [1.807, 2.05) is 19.0 Å². The van der Waals surface area contributed by atoms with Crippen LogP contribution in [0.1, 0.15) is 17.2 Å². The molecule has 2 N–H and O–H groups in total. The van der Waals surface area contributed by atoms with Gasteiger partial charge in [0.05, 0.1) is 0 Å². The van der Waals surface area contributed by atoms with E-state index in [-0.39, 0.29) is 5.56 Å². The Bertz CT molecular complexity index is 330. The van der Waals surface area contributed by atoms with Gasteiger partial charge in [0, 0.05) is 6.54 Å². The average molecular weight is 232 g/mol. The minimum Gasteiger partial charge on any atom is -0.316 e. The lowest BCUT2D eigenvalue weighted by Gasteiger charge is -2.16. The quantitative estimate of drug-likeness (QED) is 0.866. The summed E-state index contributed by atoms with van der Waals surface area (Å²) in [4.78, 5) is 1.94. The normalized spacial score (nSPS) is 14.2. The molecule has 1 aromatic carbocycles. The predicted molar refractivity (Wildman–Crippen MR) is 56.8 cm³/mol. The molecule has 90 valence electrons. The summed E-state index contributed by atoms with van der Waals surface area (Å²) in [6.07, 6.45) is -4.39. The molecule has 16 heavy (non-hydrogen) atoms. The first-order valence-corrected chi connectivity index (χ1v) is 4.86. The van der Waals surface area contributed by atoms with Gasteiger partial charge in [0.25, 0.3) is 0 Å². The largest absolute Gasteiger partial charge is 0.407 e. The van der Waals surface area contributed by atoms with Crippen molar-refractivity contribution in [3.8, 4) is 0 Å². The zero-order valence-electron chi connectivity index (χ0n) is 9.25. The topological polar surface area (TPSA) is 29.3 Å². The molecule has 0 radical (unpaired) electrons. The molecular weight excluding hydrogens is 217 g/mol. The number of halogens is 3. The van der Waals surface area contributed by atoms with Crippen LogP contribution in [-0.4, -0.2) is 25.2 Å². The molecule has 0 bridgehead atoms. The van der Waals surface area contributed by atoms with Crippen molar-refractivity contribution in [2.45, 2.75) is 18.8 Å². The molecule has 0 saturated carbocycles. The molecule has 0 saturated heterocycles. The van der Waals surface area contributed by atoms with Crippen molar-refractivity contribution >= 4 is 0 Å². The Balaban J connectivity index is 2.79. The molecule has 1 atom stereocenters. The van der Waals surface area contributed by atoms with E-state index in [9.17, 15) is 13.2 Å². The third-order valence-corrected chi connectivity index (χ3v) is 2.19. The second kappa shape index (κ2) is 4.84. The molecule has 0 aliphatic heterocycles. The lowest BCUT2D eigenvalue weighted by atomic mass is 10.1. The molecule has 1 rings (SSSR count). The molecule has 5 heteroatoms. The van der Waals surface area contributed by atoms with Gasteiger partial charge in [-0.1, -0.05) is 24.3 Å². The maximum atomic E-state index is 12.3. The van der Waals surface area contributed by atoms with E-state index in [4.69, 9.17) is 5.73 Å². The van der Waals surface area contributed by atoms with Crippen LogP contribution < -0.4 is 5.73 Å². The minimum atomic E-state index is -4.39. The maximum Gasteiger partial charge on any atom is 0.407 e. The molecule has 0 spiro atoms. The van der Waals surface area contributed by atoms with Gasteiger partial charge in [0.1, 0.15) is 6.04 Å². The lowest BCUT2D eigenvalue weighted by Crippen LogP contribution is -2.28. The Kier molecular flexibility index (Phi) is 3.93. The molecule has 0 aliphatic rings. The fourth-order valence-electron chi connectivity index (χ4n) is 1.38. The first kappa shape index (κ1) is 13.0. The SMILES string of the molecule is CN(C)Cc1ccc(C(N)C(F)(F)F)cc1. The van der Waals surface area contributed by atoms with E-state index in [1.54, 1.807) is 12.1 Å². The summed E-state index contributed by atoms with van der Waals surface area (Å²) >= 11 is 0. The molecule has 2 nitrogen and oxygen atoms in total. The lowest BCUT2D eigenvalue weighted by molar-refractivity contribution is -0.149. The summed E-state index contributed by atoms with van der Waals surface area (Å²) in [5, 5.41) is 0. The standard InChI is InChI=1S/C11H15F3N2/c1-16(2)7-8-3-5-9(6-4-8)10(15)11(12,13)14/h3-6,10H,7,15H2,1-2H3. The van der Waals surface area contributed by atoms with E-state index in [2.05, 4.69) is 0 Å². The Labute approximate surface area is 92.9 Å². The van der Waals surface area contributed by atoms with E-state index in [0.29, 0.717) is 6.54 Å². The highest BCUT2D eigenvalue weighted by Crippen LogP contribution is 2.30. The number of hydrogen-bond donors (Lipinski definition) is 1. The molecule has 0 aromatic heterocycles. The second-order valence-electron chi connectivity index (χ2n) is 4.00. The van der Waals surface area contributed by atoms with Crippen molar-refractivity contribution in [3.63, 3.8) is 0 Å². The maximum absolute atomic E-state index is 12.3.